The Morgan fingerprint density at radius 1 is 1.32 bits per heavy atom. The minimum atomic E-state index is 0.0605. The fourth-order valence-electron chi connectivity index (χ4n) is 3.67. The second-order valence-electron chi connectivity index (χ2n) is 8.10. The van der Waals surface area contributed by atoms with Crippen molar-refractivity contribution in [2.45, 2.75) is 57.3 Å². The molecule has 152 valence electrons. The summed E-state index contributed by atoms with van der Waals surface area (Å²) in [5.74, 6) is 3.56. The molecule has 1 saturated carbocycles. The minimum absolute atomic E-state index is 0.0605. The lowest BCUT2D eigenvalue weighted by molar-refractivity contribution is -0.119. The van der Waals surface area contributed by atoms with Gasteiger partial charge in [-0.05, 0) is 56.6 Å². The largest absolute Gasteiger partial charge is 0.467 e. The second kappa shape index (κ2) is 8.59. The van der Waals surface area contributed by atoms with Crippen LogP contribution in [0, 0.1) is 11.8 Å². The van der Waals surface area contributed by atoms with Crippen LogP contribution in [0.5, 0.6) is 0 Å². The fraction of sp³-hybridized carbons (Fsp3) is 0.650. The minimum Gasteiger partial charge on any atom is -0.467 e. The number of hydrogen-bond donors (Lipinski definition) is 1. The summed E-state index contributed by atoms with van der Waals surface area (Å²) in [6, 6.07) is 4.11. The Balaban J connectivity index is 1.45. The van der Waals surface area contributed by atoms with Crippen molar-refractivity contribution in [1.29, 1.82) is 0 Å². The molecule has 1 aliphatic heterocycles. The van der Waals surface area contributed by atoms with Gasteiger partial charge in [-0.15, -0.1) is 10.2 Å². The van der Waals surface area contributed by atoms with Crippen LogP contribution in [0.4, 0.5) is 5.95 Å². The number of piperidine rings is 1. The molecular weight excluding hydrogens is 374 g/mol. The monoisotopic (exact) mass is 403 g/mol. The summed E-state index contributed by atoms with van der Waals surface area (Å²) in [5.41, 5.74) is 0. The van der Waals surface area contributed by atoms with Gasteiger partial charge in [-0.1, -0.05) is 18.7 Å². The molecule has 2 aromatic heterocycles. The molecule has 2 aromatic rings. The van der Waals surface area contributed by atoms with E-state index in [1.54, 1.807) is 6.26 Å². The molecule has 1 unspecified atom stereocenters. The van der Waals surface area contributed by atoms with Crippen LogP contribution in [0.25, 0.3) is 0 Å². The molecule has 1 saturated heterocycles. The Morgan fingerprint density at radius 3 is 2.79 bits per heavy atom. The maximum absolute atomic E-state index is 12.3. The van der Waals surface area contributed by atoms with Gasteiger partial charge in [-0.2, -0.15) is 0 Å². The zero-order valence-corrected chi connectivity index (χ0v) is 17.5. The van der Waals surface area contributed by atoms with E-state index in [-0.39, 0.29) is 11.9 Å². The summed E-state index contributed by atoms with van der Waals surface area (Å²) in [4.78, 5) is 14.6. The first-order valence-corrected chi connectivity index (χ1v) is 11.2. The number of carbonyl (C=O) groups is 1. The van der Waals surface area contributed by atoms with Gasteiger partial charge in [0.2, 0.25) is 11.9 Å². The van der Waals surface area contributed by atoms with Crippen LogP contribution in [0.15, 0.2) is 28.0 Å². The molecule has 8 heteroatoms. The smallest absolute Gasteiger partial charge is 0.230 e. The normalized spacial score (nSPS) is 19.0. The number of rotatable bonds is 8. The summed E-state index contributed by atoms with van der Waals surface area (Å²) in [5, 5.41) is 12.7. The highest BCUT2D eigenvalue weighted by atomic mass is 32.2. The standard InChI is InChI=1S/C20H29N5O2S/c1-14-7-9-24(10-8-14)19-22-23-20(25(19)12-17-4-3-11-27-17)28-13-18(26)21-15(2)16-5-6-16/h3-4,11,14-16H,5-10,12-13H2,1-2H3,(H,21,26). The van der Waals surface area contributed by atoms with Crippen molar-refractivity contribution >= 4 is 23.6 Å². The summed E-state index contributed by atoms with van der Waals surface area (Å²) >= 11 is 1.45. The zero-order chi connectivity index (χ0) is 19.5. The van der Waals surface area contributed by atoms with Gasteiger partial charge in [0.1, 0.15) is 5.76 Å². The average molecular weight is 404 g/mol. The molecule has 0 radical (unpaired) electrons. The highest BCUT2D eigenvalue weighted by Gasteiger charge is 2.29. The Morgan fingerprint density at radius 2 is 2.11 bits per heavy atom. The number of aromatic nitrogens is 3. The van der Waals surface area contributed by atoms with Gasteiger partial charge in [0.25, 0.3) is 0 Å². The number of carbonyl (C=O) groups excluding carboxylic acids is 1. The second-order valence-corrected chi connectivity index (χ2v) is 9.04. The Labute approximate surface area is 170 Å². The average Bonchev–Trinajstić information content (AvgIpc) is 3.28. The first kappa shape index (κ1) is 19.4. The summed E-state index contributed by atoms with van der Waals surface area (Å²) in [6.07, 6.45) is 6.46. The number of nitrogens with zero attached hydrogens (tertiary/aromatic N) is 4. The Bertz CT molecular complexity index is 779. The van der Waals surface area contributed by atoms with Crippen LogP contribution in [0.2, 0.25) is 0 Å². The topological polar surface area (TPSA) is 76.2 Å². The Hall–Kier alpha value is -1.96. The summed E-state index contributed by atoms with van der Waals surface area (Å²) < 4.78 is 7.63. The maximum atomic E-state index is 12.3. The number of anilines is 1. The van der Waals surface area contributed by atoms with Gasteiger partial charge in [0.05, 0.1) is 18.6 Å². The number of furan rings is 1. The maximum Gasteiger partial charge on any atom is 0.230 e. The SMILES string of the molecule is CC1CCN(c2nnc(SCC(=O)NC(C)C3CC3)n2Cc2ccco2)CC1. The lowest BCUT2D eigenvalue weighted by Crippen LogP contribution is -2.35. The third-order valence-electron chi connectivity index (χ3n) is 5.71. The van der Waals surface area contributed by atoms with E-state index in [4.69, 9.17) is 4.42 Å². The third-order valence-corrected chi connectivity index (χ3v) is 6.67. The quantitative estimate of drug-likeness (QED) is 0.683. The molecule has 1 aliphatic carbocycles. The molecule has 0 spiro atoms. The van der Waals surface area contributed by atoms with Gasteiger partial charge in [-0.3, -0.25) is 9.36 Å². The van der Waals surface area contributed by atoms with Crippen molar-refractivity contribution < 1.29 is 9.21 Å². The third kappa shape index (κ3) is 4.71. The van der Waals surface area contributed by atoms with Crippen LogP contribution < -0.4 is 10.2 Å². The lowest BCUT2D eigenvalue weighted by Gasteiger charge is -2.31. The Kier molecular flexibility index (Phi) is 5.94. The molecule has 2 aliphatic rings. The van der Waals surface area contributed by atoms with Crippen molar-refractivity contribution in [1.82, 2.24) is 20.1 Å². The lowest BCUT2D eigenvalue weighted by atomic mass is 10.00. The van der Waals surface area contributed by atoms with Crippen molar-refractivity contribution in [3.63, 3.8) is 0 Å². The van der Waals surface area contributed by atoms with E-state index in [9.17, 15) is 4.79 Å². The van der Waals surface area contributed by atoms with Gasteiger partial charge in [0.15, 0.2) is 5.16 Å². The predicted molar refractivity (Wildman–Crippen MR) is 109 cm³/mol. The molecule has 2 fully saturated rings. The number of thioether (sulfide) groups is 1. The number of nitrogens with one attached hydrogen (secondary N) is 1. The predicted octanol–water partition coefficient (Wildman–Crippen LogP) is 3.16. The molecule has 0 aromatic carbocycles. The molecule has 28 heavy (non-hydrogen) atoms. The van der Waals surface area contributed by atoms with Crippen molar-refractivity contribution in [2.24, 2.45) is 11.8 Å². The van der Waals surface area contributed by atoms with E-state index in [1.807, 2.05) is 12.1 Å². The van der Waals surface area contributed by atoms with Crippen molar-refractivity contribution in [2.75, 3.05) is 23.7 Å². The molecule has 4 rings (SSSR count). The van der Waals surface area contributed by atoms with E-state index in [0.29, 0.717) is 18.2 Å². The van der Waals surface area contributed by atoms with Gasteiger partial charge in [-0.25, -0.2) is 0 Å². The van der Waals surface area contributed by atoms with Gasteiger partial charge < -0.3 is 14.6 Å². The number of amides is 1. The fourth-order valence-corrected chi connectivity index (χ4v) is 4.41. The molecule has 0 bridgehead atoms. The van der Waals surface area contributed by atoms with Crippen molar-refractivity contribution in [3.8, 4) is 0 Å². The van der Waals surface area contributed by atoms with Crippen LogP contribution in [0.3, 0.4) is 0 Å². The highest BCUT2D eigenvalue weighted by molar-refractivity contribution is 7.99. The molecule has 7 nitrogen and oxygen atoms in total. The first-order chi connectivity index (χ1) is 13.6. The molecule has 1 atom stereocenters. The van der Waals surface area contributed by atoms with Crippen LogP contribution >= 0.6 is 11.8 Å². The van der Waals surface area contributed by atoms with Gasteiger partial charge >= 0.3 is 0 Å². The van der Waals surface area contributed by atoms with Crippen molar-refractivity contribution in [3.05, 3.63) is 24.2 Å². The molecule has 1 N–H and O–H groups in total. The molecule has 3 heterocycles. The van der Waals surface area contributed by atoms with E-state index in [2.05, 4.69) is 38.8 Å². The van der Waals surface area contributed by atoms with Crippen LogP contribution in [-0.2, 0) is 11.3 Å². The summed E-state index contributed by atoms with van der Waals surface area (Å²) in [6.45, 7) is 6.94. The van der Waals surface area contributed by atoms with Crippen LogP contribution in [0.1, 0.15) is 45.3 Å². The number of hydrogen-bond acceptors (Lipinski definition) is 6. The zero-order valence-electron chi connectivity index (χ0n) is 16.6. The summed E-state index contributed by atoms with van der Waals surface area (Å²) in [7, 11) is 0. The van der Waals surface area contributed by atoms with Crippen LogP contribution in [-0.4, -0.2) is 45.6 Å². The van der Waals surface area contributed by atoms with Gasteiger partial charge in [0, 0.05) is 19.1 Å². The van der Waals surface area contributed by atoms with E-state index in [0.717, 1.165) is 48.7 Å². The highest BCUT2D eigenvalue weighted by Crippen LogP contribution is 2.32. The molecule has 1 amide bonds. The molecular formula is C20H29N5O2S. The van der Waals surface area contributed by atoms with E-state index < -0.39 is 0 Å². The van der Waals surface area contributed by atoms with E-state index in [1.165, 1.54) is 24.6 Å². The first-order valence-electron chi connectivity index (χ1n) is 10.2. The van der Waals surface area contributed by atoms with E-state index >= 15 is 0 Å².